The zero-order valence-electron chi connectivity index (χ0n) is 18.8. The van der Waals surface area contributed by atoms with Crippen LogP contribution < -0.4 is 0 Å². The number of hydrogen-bond donors (Lipinski definition) is 1. The maximum absolute atomic E-state index is 12.9. The number of nitrogens with zero attached hydrogens (tertiary/aromatic N) is 1. The number of hydrogen-bond acceptors (Lipinski definition) is 4. The van der Waals surface area contributed by atoms with E-state index in [1.807, 2.05) is 84.9 Å². The van der Waals surface area contributed by atoms with Crippen molar-refractivity contribution in [3.05, 3.63) is 109 Å². The molecule has 0 saturated carbocycles. The Hall–Kier alpha value is -3.90. The van der Waals surface area contributed by atoms with Crippen LogP contribution in [0.4, 0.5) is 4.79 Å². The first kappa shape index (κ1) is 23.3. The summed E-state index contributed by atoms with van der Waals surface area (Å²) in [5, 5.41) is 9.89. The number of carboxylic acids is 1. The summed E-state index contributed by atoms with van der Waals surface area (Å²) in [6.45, 7) is 4.08. The van der Waals surface area contributed by atoms with Crippen molar-refractivity contribution in [1.29, 1.82) is 0 Å². The molecule has 4 rings (SSSR count). The van der Waals surface area contributed by atoms with Gasteiger partial charge in [0, 0.05) is 6.42 Å². The number of carbonyl (C=O) groups is 2. The molecule has 1 amide bonds. The van der Waals surface area contributed by atoms with E-state index in [0.29, 0.717) is 0 Å². The van der Waals surface area contributed by atoms with Gasteiger partial charge in [0.25, 0.3) is 0 Å². The van der Waals surface area contributed by atoms with Gasteiger partial charge in [0.15, 0.2) is 0 Å². The van der Waals surface area contributed by atoms with Crippen LogP contribution in [0.2, 0.25) is 0 Å². The number of ether oxygens (including phenoxy) is 2. The van der Waals surface area contributed by atoms with Crippen molar-refractivity contribution in [2.24, 2.45) is 0 Å². The van der Waals surface area contributed by atoms with Crippen LogP contribution in [0.25, 0.3) is 11.1 Å². The van der Waals surface area contributed by atoms with Gasteiger partial charge in [0.2, 0.25) is 0 Å². The van der Waals surface area contributed by atoms with Crippen LogP contribution in [-0.2, 0) is 26.5 Å². The predicted molar refractivity (Wildman–Crippen MR) is 129 cm³/mol. The molecule has 2 atom stereocenters. The Morgan fingerprint density at radius 1 is 0.971 bits per heavy atom. The normalized spacial score (nSPS) is 19.5. The molecule has 1 heterocycles. The minimum absolute atomic E-state index is 0.0643. The Morgan fingerprint density at radius 2 is 1.59 bits per heavy atom. The number of likely N-dealkylation sites (tertiary alicyclic amines) is 1. The van der Waals surface area contributed by atoms with E-state index in [1.54, 1.807) is 6.08 Å². The van der Waals surface area contributed by atoms with Gasteiger partial charge in [-0.1, -0.05) is 91.0 Å². The molecule has 3 aromatic carbocycles. The number of carbonyl (C=O) groups excluding carboxylic acids is 1. The van der Waals surface area contributed by atoms with E-state index in [1.165, 1.54) is 4.90 Å². The average Bonchev–Trinajstić information content (AvgIpc) is 3.29. The monoisotopic (exact) mass is 457 g/mol. The van der Waals surface area contributed by atoms with Crippen molar-refractivity contribution >= 4 is 12.1 Å². The first-order chi connectivity index (χ1) is 16.5. The summed E-state index contributed by atoms with van der Waals surface area (Å²) >= 11 is 0. The van der Waals surface area contributed by atoms with E-state index in [4.69, 9.17) is 9.47 Å². The van der Waals surface area contributed by atoms with Gasteiger partial charge < -0.3 is 14.6 Å². The Bertz CT molecular complexity index is 1130. The van der Waals surface area contributed by atoms with Gasteiger partial charge >= 0.3 is 12.1 Å². The lowest BCUT2D eigenvalue weighted by Crippen LogP contribution is -2.41. The van der Waals surface area contributed by atoms with Gasteiger partial charge in [0.1, 0.15) is 18.2 Å². The van der Waals surface area contributed by atoms with Crippen molar-refractivity contribution < 1.29 is 24.2 Å². The van der Waals surface area contributed by atoms with Gasteiger partial charge in [-0.15, -0.1) is 6.58 Å². The number of aliphatic carboxylic acids is 1. The molecule has 34 heavy (non-hydrogen) atoms. The summed E-state index contributed by atoms with van der Waals surface area (Å²) in [6, 6.07) is 26.0. The summed E-state index contributed by atoms with van der Waals surface area (Å²) in [5.41, 5.74) is 2.76. The third kappa shape index (κ3) is 5.02. The predicted octanol–water partition coefficient (Wildman–Crippen LogP) is 5.25. The fourth-order valence-corrected chi connectivity index (χ4v) is 4.30. The van der Waals surface area contributed by atoms with Crippen LogP contribution in [0, 0.1) is 0 Å². The lowest BCUT2D eigenvalue weighted by atomic mass is 9.89. The summed E-state index contributed by atoms with van der Waals surface area (Å²) in [4.78, 5) is 26.3. The van der Waals surface area contributed by atoms with E-state index in [9.17, 15) is 14.7 Å². The fourth-order valence-electron chi connectivity index (χ4n) is 4.30. The number of rotatable bonds is 8. The van der Waals surface area contributed by atoms with E-state index in [-0.39, 0.29) is 26.2 Å². The molecular formula is C28H27NO5. The lowest BCUT2D eigenvalue weighted by molar-refractivity contribution is -0.142. The molecule has 0 radical (unpaired) electrons. The van der Waals surface area contributed by atoms with Crippen molar-refractivity contribution in [1.82, 2.24) is 4.90 Å². The van der Waals surface area contributed by atoms with Crippen LogP contribution in [0.1, 0.15) is 17.5 Å². The van der Waals surface area contributed by atoms with Crippen LogP contribution in [0.15, 0.2) is 97.6 Å². The summed E-state index contributed by atoms with van der Waals surface area (Å²) in [7, 11) is 0. The SMILES string of the molecule is C=CCO[C@@]1(c2ccc(-c3ccccc3)cc2)C[C@@H](C(=O)O)N(C(=O)OCc2ccccc2)C1. The van der Waals surface area contributed by atoms with E-state index in [2.05, 4.69) is 6.58 Å². The van der Waals surface area contributed by atoms with Gasteiger partial charge in [-0.2, -0.15) is 0 Å². The first-order valence-electron chi connectivity index (χ1n) is 11.1. The molecule has 1 fully saturated rings. The topological polar surface area (TPSA) is 76.1 Å². The molecule has 0 spiro atoms. The third-order valence-electron chi connectivity index (χ3n) is 6.05. The Morgan fingerprint density at radius 3 is 2.21 bits per heavy atom. The van der Waals surface area contributed by atoms with Gasteiger partial charge in [-0.3, -0.25) is 4.90 Å². The molecule has 174 valence electrons. The molecule has 0 aromatic heterocycles. The maximum Gasteiger partial charge on any atom is 0.410 e. The Labute approximate surface area is 199 Å². The standard InChI is InChI=1S/C28H27NO5/c1-2-17-34-28(24-15-13-23(14-16-24)22-11-7-4-8-12-22)18-25(26(30)31)29(20-28)27(32)33-19-21-9-5-3-6-10-21/h2-16,25H,1,17-20H2,(H,30,31)/t25-,28-/m0/s1. The maximum atomic E-state index is 12.9. The van der Waals surface area contributed by atoms with Crippen molar-refractivity contribution in [3.8, 4) is 11.1 Å². The first-order valence-corrected chi connectivity index (χ1v) is 11.1. The minimum atomic E-state index is -1.10. The molecule has 1 aliphatic heterocycles. The molecule has 0 bridgehead atoms. The van der Waals surface area contributed by atoms with Crippen molar-refractivity contribution in [3.63, 3.8) is 0 Å². The number of carboxylic acid groups (broad SMARTS) is 1. The molecule has 6 nitrogen and oxygen atoms in total. The fraction of sp³-hybridized carbons (Fsp3) is 0.214. The highest BCUT2D eigenvalue weighted by atomic mass is 16.6. The lowest BCUT2D eigenvalue weighted by Gasteiger charge is -2.30. The zero-order chi connectivity index (χ0) is 24.0. The highest BCUT2D eigenvalue weighted by Crippen LogP contribution is 2.40. The van der Waals surface area contributed by atoms with Crippen molar-refractivity contribution in [2.45, 2.75) is 24.7 Å². The van der Waals surface area contributed by atoms with E-state index >= 15 is 0 Å². The number of benzene rings is 3. The molecule has 1 saturated heterocycles. The average molecular weight is 458 g/mol. The van der Waals surface area contributed by atoms with E-state index in [0.717, 1.165) is 22.3 Å². The number of amides is 1. The quantitative estimate of drug-likeness (QED) is 0.468. The summed E-state index contributed by atoms with van der Waals surface area (Å²) in [6.07, 6.45) is 1.05. The molecule has 3 aromatic rings. The molecule has 1 N–H and O–H groups in total. The highest BCUT2D eigenvalue weighted by Gasteiger charge is 2.51. The second-order valence-corrected chi connectivity index (χ2v) is 8.26. The van der Waals surface area contributed by atoms with Gasteiger partial charge in [-0.25, -0.2) is 9.59 Å². The van der Waals surface area contributed by atoms with Gasteiger partial charge in [0.05, 0.1) is 13.2 Å². The van der Waals surface area contributed by atoms with Crippen LogP contribution in [0.5, 0.6) is 0 Å². The molecule has 0 unspecified atom stereocenters. The summed E-state index contributed by atoms with van der Waals surface area (Å²) < 4.78 is 11.6. The molecule has 0 aliphatic carbocycles. The van der Waals surface area contributed by atoms with Crippen LogP contribution in [0.3, 0.4) is 0 Å². The van der Waals surface area contributed by atoms with Crippen LogP contribution in [-0.4, -0.2) is 41.3 Å². The van der Waals surface area contributed by atoms with Crippen molar-refractivity contribution in [2.75, 3.05) is 13.2 Å². The van der Waals surface area contributed by atoms with E-state index < -0.39 is 23.7 Å². The zero-order valence-corrected chi connectivity index (χ0v) is 18.8. The second-order valence-electron chi connectivity index (χ2n) is 8.26. The largest absolute Gasteiger partial charge is 0.480 e. The third-order valence-corrected chi connectivity index (χ3v) is 6.05. The Balaban J connectivity index is 1.59. The molecule has 1 aliphatic rings. The Kier molecular flexibility index (Phi) is 7.09. The van der Waals surface area contributed by atoms with Gasteiger partial charge in [-0.05, 0) is 22.3 Å². The molecular weight excluding hydrogens is 430 g/mol. The summed E-state index contributed by atoms with van der Waals surface area (Å²) in [5.74, 6) is -1.10. The van der Waals surface area contributed by atoms with Crippen LogP contribution >= 0.6 is 0 Å². The second kappa shape index (κ2) is 10.4. The minimum Gasteiger partial charge on any atom is -0.480 e. The smallest absolute Gasteiger partial charge is 0.410 e. The highest BCUT2D eigenvalue weighted by molar-refractivity contribution is 5.81. The molecule has 6 heteroatoms.